The van der Waals surface area contributed by atoms with E-state index in [2.05, 4.69) is 32.2 Å². The number of carbonyl (C=O) groups excluding carboxylic acids is 1. The zero-order valence-corrected chi connectivity index (χ0v) is 18.1. The zero-order valence-electron chi connectivity index (χ0n) is 17.3. The van der Waals surface area contributed by atoms with Crippen LogP contribution in [0.1, 0.15) is 46.0 Å². The van der Waals surface area contributed by atoms with Gasteiger partial charge in [-0.3, -0.25) is 9.48 Å². The van der Waals surface area contributed by atoms with Gasteiger partial charge in [0, 0.05) is 31.4 Å². The third-order valence-corrected chi connectivity index (χ3v) is 6.69. The summed E-state index contributed by atoms with van der Waals surface area (Å²) in [5, 5.41) is 13.0. The molecule has 4 aromatic heterocycles. The Hall–Kier alpha value is -3.86. The van der Waals surface area contributed by atoms with Gasteiger partial charge in [-0.2, -0.15) is 5.10 Å². The van der Waals surface area contributed by atoms with Crippen LogP contribution in [0, 0.1) is 0 Å². The van der Waals surface area contributed by atoms with Crippen LogP contribution >= 0.6 is 11.3 Å². The lowest BCUT2D eigenvalue weighted by Gasteiger charge is -2.35. The first kappa shape index (κ1) is 18.9. The highest BCUT2D eigenvalue weighted by Crippen LogP contribution is 2.41. The second kappa shape index (κ2) is 7.09. The number of carbonyl (C=O) groups is 1. The average Bonchev–Trinajstić information content (AvgIpc) is 3.58. The summed E-state index contributed by atoms with van der Waals surface area (Å²) in [7, 11) is 1.80. The monoisotopic (exact) mass is 446 g/mol. The highest BCUT2D eigenvalue weighted by atomic mass is 32.1. The summed E-state index contributed by atoms with van der Waals surface area (Å²) in [6.07, 6.45) is 5.04. The molecule has 1 amide bonds. The van der Waals surface area contributed by atoms with Crippen molar-refractivity contribution in [2.45, 2.75) is 18.9 Å². The molecule has 2 atom stereocenters. The minimum absolute atomic E-state index is 0.0684. The first-order valence-electron chi connectivity index (χ1n) is 10.1. The Morgan fingerprint density at radius 1 is 1.28 bits per heavy atom. The van der Waals surface area contributed by atoms with E-state index in [0.29, 0.717) is 12.1 Å². The van der Waals surface area contributed by atoms with Crippen LogP contribution in [0.3, 0.4) is 0 Å². The quantitative estimate of drug-likeness (QED) is 0.452. The average molecular weight is 446 g/mol. The van der Waals surface area contributed by atoms with E-state index in [0.717, 1.165) is 26.6 Å². The summed E-state index contributed by atoms with van der Waals surface area (Å²) in [6.45, 7) is 2.53. The van der Waals surface area contributed by atoms with Gasteiger partial charge in [-0.15, -0.1) is 21.5 Å². The maximum Gasteiger partial charge on any atom is 0.312 e. The Morgan fingerprint density at radius 3 is 2.97 bits per heavy atom. The fraction of sp³-hybridized carbons (Fsp3) is 0.238. The third kappa shape index (κ3) is 2.93. The number of H-pyrrole nitrogens is 1. The maximum absolute atomic E-state index is 13.6. The molecule has 10 nitrogen and oxygen atoms in total. The molecule has 11 heteroatoms. The number of hydrogen-bond acceptors (Lipinski definition) is 8. The Balaban J connectivity index is 1.42. The smallest absolute Gasteiger partial charge is 0.312 e. The lowest BCUT2D eigenvalue weighted by Crippen LogP contribution is -2.42. The number of aromatic nitrogens is 7. The first-order chi connectivity index (χ1) is 15.6. The Kier molecular flexibility index (Phi) is 4.18. The molecular formula is C21H18N8O2S. The highest BCUT2D eigenvalue weighted by Gasteiger charge is 2.41. The number of nitrogens with one attached hydrogen (secondary N) is 1. The molecule has 0 spiro atoms. The van der Waals surface area contributed by atoms with Crippen LogP contribution in [0.2, 0.25) is 0 Å². The molecule has 160 valence electrons. The van der Waals surface area contributed by atoms with Gasteiger partial charge in [0.25, 0.3) is 5.89 Å². The largest absolute Gasteiger partial charge is 0.412 e. The van der Waals surface area contributed by atoms with E-state index in [9.17, 15) is 4.79 Å². The van der Waals surface area contributed by atoms with Crippen LogP contribution in [-0.4, -0.2) is 52.3 Å². The van der Waals surface area contributed by atoms with Crippen LogP contribution in [-0.2, 0) is 7.05 Å². The van der Waals surface area contributed by atoms with Crippen LogP contribution < -0.4 is 0 Å². The molecule has 0 saturated heterocycles. The molecule has 0 unspecified atom stereocenters. The number of thiazole rings is 1. The van der Waals surface area contributed by atoms with Crippen molar-refractivity contribution in [3.63, 3.8) is 0 Å². The van der Waals surface area contributed by atoms with Gasteiger partial charge in [0.05, 0.1) is 34.0 Å². The molecule has 1 aliphatic rings. The number of hydrogen-bond donors (Lipinski definition) is 1. The molecule has 1 aliphatic heterocycles. The number of aryl methyl sites for hydroxylation is 1. The number of rotatable bonds is 3. The second-order valence-electron chi connectivity index (χ2n) is 7.80. The first-order valence-corrected chi connectivity index (χ1v) is 10.9. The molecule has 0 saturated carbocycles. The van der Waals surface area contributed by atoms with Gasteiger partial charge in [-0.05, 0) is 12.1 Å². The van der Waals surface area contributed by atoms with Crippen LogP contribution in [0.5, 0.6) is 0 Å². The maximum atomic E-state index is 13.6. The van der Waals surface area contributed by atoms with E-state index in [1.54, 1.807) is 46.7 Å². The van der Waals surface area contributed by atoms with Gasteiger partial charge in [0.15, 0.2) is 0 Å². The zero-order chi connectivity index (χ0) is 21.8. The fourth-order valence-electron chi connectivity index (χ4n) is 4.11. The van der Waals surface area contributed by atoms with Gasteiger partial charge in [0.2, 0.25) is 0 Å². The van der Waals surface area contributed by atoms with Crippen LogP contribution in [0.4, 0.5) is 0 Å². The van der Waals surface area contributed by atoms with Gasteiger partial charge >= 0.3 is 11.8 Å². The number of para-hydroxylation sites is 1. The topological polar surface area (TPSA) is 119 Å². The molecule has 1 aromatic carbocycles. The van der Waals surface area contributed by atoms with Gasteiger partial charge in [0.1, 0.15) is 11.0 Å². The van der Waals surface area contributed by atoms with E-state index in [4.69, 9.17) is 9.40 Å². The summed E-state index contributed by atoms with van der Waals surface area (Å²) < 4.78 is 8.43. The predicted molar refractivity (Wildman–Crippen MR) is 116 cm³/mol. The van der Waals surface area contributed by atoms with Crippen LogP contribution in [0.15, 0.2) is 47.4 Å². The molecular weight excluding hydrogens is 428 g/mol. The minimum Gasteiger partial charge on any atom is -0.412 e. The molecule has 5 heterocycles. The summed E-state index contributed by atoms with van der Waals surface area (Å²) in [4.78, 5) is 27.9. The molecule has 0 bridgehead atoms. The number of aromatic amines is 1. The van der Waals surface area contributed by atoms with Crippen LogP contribution in [0.25, 0.3) is 21.7 Å². The van der Waals surface area contributed by atoms with E-state index in [1.165, 1.54) is 0 Å². The molecule has 1 N–H and O–H groups in total. The van der Waals surface area contributed by atoms with E-state index < -0.39 is 6.04 Å². The normalized spacial score (nSPS) is 18.2. The van der Waals surface area contributed by atoms with Crippen molar-refractivity contribution >= 4 is 27.5 Å². The minimum atomic E-state index is -0.439. The molecule has 6 rings (SSSR count). The van der Waals surface area contributed by atoms with E-state index in [-0.39, 0.29) is 23.6 Å². The molecule has 0 radical (unpaired) electrons. The molecule has 0 aliphatic carbocycles. The SMILES string of the molecule is C[C@@H]1CN(C(=O)c2nnc(-c3cnn(C)c3)o2)[C@H](c2nc3ccccc3s2)c2nc[nH]c21. The molecule has 0 fully saturated rings. The molecule has 32 heavy (non-hydrogen) atoms. The van der Waals surface area contributed by atoms with Crippen molar-refractivity contribution in [3.05, 3.63) is 65.3 Å². The van der Waals surface area contributed by atoms with E-state index in [1.807, 2.05) is 24.3 Å². The predicted octanol–water partition coefficient (Wildman–Crippen LogP) is 3.15. The Bertz CT molecular complexity index is 1410. The van der Waals surface area contributed by atoms with E-state index >= 15 is 0 Å². The van der Waals surface area contributed by atoms with Gasteiger partial charge in [-0.25, -0.2) is 9.97 Å². The number of nitrogens with zero attached hydrogens (tertiary/aromatic N) is 7. The van der Waals surface area contributed by atoms with Crippen molar-refractivity contribution < 1.29 is 9.21 Å². The number of imidazole rings is 1. The Labute approximate surface area is 185 Å². The molecule has 5 aromatic rings. The Morgan fingerprint density at radius 2 is 2.16 bits per heavy atom. The summed E-state index contributed by atoms with van der Waals surface area (Å²) in [6, 6.07) is 7.49. The van der Waals surface area contributed by atoms with Gasteiger partial charge < -0.3 is 14.3 Å². The highest BCUT2D eigenvalue weighted by molar-refractivity contribution is 7.18. The lowest BCUT2D eigenvalue weighted by molar-refractivity contribution is 0.0633. The van der Waals surface area contributed by atoms with Gasteiger partial charge in [-0.1, -0.05) is 19.1 Å². The van der Waals surface area contributed by atoms with Crippen molar-refractivity contribution in [3.8, 4) is 11.5 Å². The standard InChI is InChI=1S/C21H18N8O2S/c1-11-8-29(21(30)19-27-26-18(31-19)12-7-24-28(2)9-12)17(16-15(11)22-10-23-16)20-25-13-5-3-4-6-14(13)32-20/h3-7,9-11,17H,8H2,1-2H3,(H,22,23)/t11-,17+/m1/s1. The van der Waals surface area contributed by atoms with Crippen molar-refractivity contribution in [1.29, 1.82) is 0 Å². The van der Waals surface area contributed by atoms with Crippen molar-refractivity contribution in [1.82, 2.24) is 39.8 Å². The van der Waals surface area contributed by atoms with Crippen molar-refractivity contribution in [2.24, 2.45) is 7.05 Å². The number of amides is 1. The fourth-order valence-corrected chi connectivity index (χ4v) is 5.19. The number of fused-ring (bicyclic) bond motifs is 2. The summed E-state index contributed by atoms with van der Waals surface area (Å²) in [5.74, 6) is -0.0927. The number of benzene rings is 1. The lowest BCUT2D eigenvalue weighted by atomic mass is 9.95. The van der Waals surface area contributed by atoms with Crippen molar-refractivity contribution in [2.75, 3.05) is 6.54 Å². The summed E-state index contributed by atoms with van der Waals surface area (Å²) >= 11 is 1.56. The second-order valence-corrected chi connectivity index (χ2v) is 8.86. The summed E-state index contributed by atoms with van der Waals surface area (Å²) in [5.41, 5.74) is 3.36. The third-order valence-electron chi connectivity index (χ3n) is 5.60.